The lowest BCUT2D eigenvalue weighted by molar-refractivity contribution is -0.137. The highest BCUT2D eigenvalue weighted by Crippen LogP contribution is 2.30. The first-order valence-corrected chi connectivity index (χ1v) is 8.73. The van der Waals surface area contributed by atoms with E-state index in [1.165, 1.54) is 18.9 Å². The second-order valence-corrected chi connectivity index (χ2v) is 6.91. The molecule has 1 saturated carbocycles. The molecule has 3 N–H and O–H groups in total. The standard InChI is InChI=1S/C17H25F3N4/c18-17(19,20)12-7-8-16(22-10-12)24-9-3-4-13(11-24)23-15-6-2-1-5-14(15)21/h7-8,10,13-15,23H,1-6,9,11,21H2. The summed E-state index contributed by atoms with van der Waals surface area (Å²) in [6.45, 7) is 1.59. The number of hydrogen-bond acceptors (Lipinski definition) is 4. The number of piperidine rings is 1. The zero-order valence-corrected chi connectivity index (χ0v) is 13.7. The van der Waals surface area contributed by atoms with Gasteiger partial charge in [-0.15, -0.1) is 0 Å². The van der Waals surface area contributed by atoms with E-state index in [0.29, 0.717) is 17.9 Å². The van der Waals surface area contributed by atoms with Crippen LogP contribution in [0.1, 0.15) is 44.1 Å². The Labute approximate surface area is 140 Å². The van der Waals surface area contributed by atoms with E-state index < -0.39 is 11.7 Å². The molecule has 1 aromatic rings. The first-order chi connectivity index (χ1) is 11.4. The van der Waals surface area contributed by atoms with Gasteiger partial charge in [0.05, 0.1) is 5.56 Å². The van der Waals surface area contributed by atoms with Crippen LogP contribution in [0.5, 0.6) is 0 Å². The Balaban J connectivity index is 1.60. The van der Waals surface area contributed by atoms with E-state index in [1.807, 2.05) is 0 Å². The van der Waals surface area contributed by atoms with Gasteiger partial charge in [-0.05, 0) is 37.8 Å². The van der Waals surface area contributed by atoms with E-state index in [-0.39, 0.29) is 6.04 Å². The molecule has 1 saturated heterocycles. The topological polar surface area (TPSA) is 54.2 Å². The van der Waals surface area contributed by atoms with Crippen molar-refractivity contribution in [2.24, 2.45) is 5.73 Å². The monoisotopic (exact) mass is 342 g/mol. The zero-order valence-electron chi connectivity index (χ0n) is 13.7. The number of halogens is 3. The van der Waals surface area contributed by atoms with Crippen LogP contribution in [0.25, 0.3) is 0 Å². The molecule has 0 radical (unpaired) electrons. The maximum absolute atomic E-state index is 12.6. The normalized spacial score (nSPS) is 28.8. The Hall–Kier alpha value is -1.34. The quantitative estimate of drug-likeness (QED) is 0.887. The Morgan fingerprint density at radius 2 is 1.92 bits per heavy atom. The number of pyridine rings is 1. The highest BCUT2D eigenvalue weighted by atomic mass is 19.4. The number of nitrogens with zero attached hydrogens (tertiary/aromatic N) is 2. The van der Waals surface area contributed by atoms with Gasteiger partial charge in [0.15, 0.2) is 0 Å². The zero-order chi connectivity index (χ0) is 17.2. The smallest absolute Gasteiger partial charge is 0.355 e. The molecule has 4 nitrogen and oxygen atoms in total. The van der Waals surface area contributed by atoms with Crippen LogP contribution < -0.4 is 16.0 Å². The molecule has 134 valence electrons. The molecule has 2 aliphatic rings. The molecule has 1 aromatic heterocycles. The van der Waals surface area contributed by atoms with Gasteiger partial charge >= 0.3 is 6.18 Å². The average molecular weight is 342 g/mol. The van der Waals surface area contributed by atoms with Crippen molar-refractivity contribution in [3.63, 3.8) is 0 Å². The molecule has 3 rings (SSSR count). The van der Waals surface area contributed by atoms with Crippen molar-refractivity contribution < 1.29 is 13.2 Å². The third kappa shape index (κ3) is 4.19. The van der Waals surface area contributed by atoms with Gasteiger partial charge in [-0.3, -0.25) is 0 Å². The molecule has 1 aliphatic carbocycles. The summed E-state index contributed by atoms with van der Waals surface area (Å²) in [5, 5.41) is 3.67. The van der Waals surface area contributed by atoms with E-state index in [2.05, 4.69) is 15.2 Å². The lowest BCUT2D eigenvalue weighted by atomic mass is 9.90. The lowest BCUT2D eigenvalue weighted by Gasteiger charge is -2.38. The summed E-state index contributed by atoms with van der Waals surface area (Å²) >= 11 is 0. The molecular weight excluding hydrogens is 317 g/mol. The molecular formula is C17H25F3N4. The predicted molar refractivity (Wildman–Crippen MR) is 87.8 cm³/mol. The van der Waals surface area contributed by atoms with E-state index in [1.54, 1.807) is 0 Å². The minimum Gasteiger partial charge on any atom is -0.355 e. The molecule has 3 atom stereocenters. The van der Waals surface area contributed by atoms with E-state index in [4.69, 9.17) is 5.73 Å². The third-order valence-electron chi connectivity index (χ3n) is 5.09. The number of nitrogens with two attached hydrogens (primary N) is 1. The summed E-state index contributed by atoms with van der Waals surface area (Å²) < 4.78 is 37.9. The third-order valence-corrected chi connectivity index (χ3v) is 5.09. The van der Waals surface area contributed by atoms with Crippen molar-refractivity contribution >= 4 is 5.82 Å². The van der Waals surface area contributed by atoms with Gasteiger partial charge in [0.1, 0.15) is 5.82 Å². The minimum atomic E-state index is -4.34. The van der Waals surface area contributed by atoms with Crippen LogP contribution in [-0.4, -0.2) is 36.2 Å². The van der Waals surface area contributed by atoms with Crippen molar-refractivity contribution in [2.75, 3.05) is 18.0 Å². The van der Waals surface area contributed by atoms with Crippen LogP contribution in [0.4, 0.5) is 19.0 Å². The predicted octanol–water partition coefficient (Wildman–Crippen LogP) is 2.93. The molecule has 2 fully saturated rings. The van der Waals surface area contributed by atoms with Gasteiger partial charge in [-0.25, -0.2) is 4.98 Å². The number of anilines is 1. The summed E-state index contributed by atoms with van der Waals surface area (Å²) in [7, 11) is 0. The Bertz CT molecular complexity index is 532. The second kappa shape index (κ2) is 7.27. The molecule has 3 unspecified atom stereocenters. The van der Waals surface area contributed by atoms with Crippen LogP contribution in [0.15, 0.2) is 18.3 Å². The minimum absolute atomic E-state index is 0.207. The van der Waals surface area contributed by atoms with Crippen LogP contribution in [0.3, 0.4) is 0 Å². The lowest BCUT2D eigenvalue weighted by Crippen LogP contribution is -2.55. The number of hydrogen-bond donors (Lipinski definition) is 2. The Kier molecular flexibility index (Phi) is 5.30. The fourth-order valence-corrected chi connectivity index (χ4v) is 3.73. The first kappa shape index (κ1) is 17.5. The summed E-state index contributed by atoms with van der Waals surface area (Å²) in [4.78, 5) is 6.08. The molecule has 0 spiro atoms. The maximum Gasteiger partial charge on any atom is 0.417 e. The first-order valence-electron chi connectivity index (χ1n) is 8.73. The molecule has 0 amide bonds. The van der Waals surface area contributed by atoms with Crippen molar-refractivity contribution in [1.82, 2.24) is 10.3 Å². The highest BCUT2D eigenvalue weighted by molar-refractivity contribution is 5.40. The van der Waals surface area contributed by atoms with E-state index in [9.17, 15) is 13.2 Å². The van der Waals surface area contributed by atoms with Gasteiger partial charge in [-0.2, -0.15) is 13.2 Å². The molecule has 2 heterocycles. The van der Waals surface area contributed by atoms with Gasteiger partial charge in [0, 0.05) is 37.4 Å². The number of nitrogens with one attached hydrogen (secondary N) is 1. The fraction of sp³-hybridized carbons (Fsp3) is 0.706. The summed E-state index contributed by atoms with van der Waals surface area (Å²) in [5.41, 5.74) is 5.50. The van der Waals surface area contributed by atoms with Gasteiger partial charge in [0.25, 0.3) is 0 Å². The summed E-state index contributed by atoms with van der Waals surface area (Å²) in [6, 6.07) is 3.45. The van der Waals surface area contributed by atoms with Crippen LogP contribution in [0.2, 0.25) is 0 Å². The van der Waals surface area contributed by atoms with Crippen molar-refractivity contribution in [3.05, 3.63) is 23.9 Å². The number of aromatic nitrogens is 1. The maximum atomic E-state index is 12.6. The van der Waals surface area contributed by atoms with Gasteiger partial charge in [0.2, 0.25) is 0 Å². The van der Waals surface area contributed by atoms with E-state index >= 15 is 0 Å². The van der Waals surface area contributed by atoms with Crippen molar-refractivity contribution in [1.29, 1.82) is 0 Å². The molecule has 0 bridgehead atoms. The average Bonchev–Trinajstić information content (AvgIpc) is 2.57. The fourth-order valence-electron chi connectivity index (χ4n) is 3.73. The van der Waals surface area contributed by atoms with Crippen LogP contribution >= 0.6 is 0 Å². The van der Waals surface area contributed by atoms with E-state index in [0.717, 1.165) is 51.0 Å². The Morgan fingerprint density at radius 3 is 2.58 bits per heavy atom. The van der Waals surface area contributed by atoms with Crippen LogP contribution in [-0.2, 0) is 6.18 Å². The molecule has 1 aliphatic heterocycles. The molecule has 7 heteroatoms. The second-order valence-electron chi connectivity index (χ2n) is 6.91. The molecule has 24 heavy (non-hydrogen) atoms. The van der Waals surface area contributed by atoms with Crippen molar-refractivity contribution in [2.45, 2.75) is 62.8 Å². The Morgan fingerprint density at radius 1 is 1.12 bits per heavy atom. The SMILES string of the molecule is NC1CCCCC1NC1CCCN(c2ccc(C(F)(F)F)cn2)C1. The van der Waals surface area contributed by atoms with Gasteiger partial charge in [-0.1, -0.05) is 12.8 Å². The summed E-state index contributed by atoms with van der Waals surface area (Å²) in [6.07, 6.45) is 3.24. The van der Waals surface area contributed by atoms with Crippen molar-refractivity contribution in [3.8, 4) is 0 Å². The molecule has 0 aromatic carbocycles. The number of alkyl halides is 3. The summed E-state index contributed by atoms with van der Waals surface area (Å²) in [5.74, 6) is 0.613. The van der Waals surface area contributed by atoms with Crippen LogP contribution in [0, 0.1) is 0 Å². The highest BCUT2D eigenvalue weighted by Gasteiger charge is 2.31. The van der Waals surface area contributed by atoms with Gasteiger partial charge < -0.3 is 16.0 Å². The number of rotatable bonds is 3. The largest absolute Gasteiger partial charge is 0.417 e.